The third-order valence-corrected chi connectivity index (χ3v) is 5.40. The van der Waals surface area contributed by atoms with E-state index in [0.717, 1.165) is 10.5 Å². The predicted octanol–water partition coefficient (Wildman–Crippen LogP) is 3.87. The monoisotopic (exact) mass is 514 g/mol. The molecular weight excluding hydrogens is 484 g/mol. The highest BCUT2D eigenvalue weighted by atomic mass is 35.5. The van der Waals surface area contributed by atoms with Gasteiger partial charge in [-0.3, -0.25) is 9.59 Å². The zero-order valence-corrected chi connectivity index (χ0v) is 21.7. The smallest absolute Gasteiger partial charge is 0.408 e. The van der Waals surface area contributed by atoms with E-state index in [1.807, 2.05) is 19.1 Å². The van der Waals surface area contributed by atoms with Crippen LogP contribution in [0.1, 0.15) is 43.5 Å². The molecule has 0 aromatic heterocycles. The van der Waals surface area contributed by atoms with E-state index in [4.69, 9.17) is 16.3 Å². The lowest BCUT2D eigenvalue weighted by atomic mass is 10.0. The van der Waals surface area contributed by atoms with E-state index in [1.54, 1.807) is 64.1 Å². The van der Waals surface area contributed by atoms with E-state index >= 15 is 0 Å². The summed E-state index contributed by atoms with van der Waals surface area (Å²) < 4.78 is 5.18. The summed E-state index contributed by atoms with van der Waals surface area (Å²) in [6.07, 6.45) is -0.921. The van der Waals surface area contributed by atoms with Gasteiger partial charge in [-0.15, -0.1) is 0 Å². The quantitative estimate of drug-likeness (QED) is 0.458. The second-order valence-electron chi connectivity index (χ2n) is 9.24. The summed E-state index contributed by atoms with van der Waals surface area (Å²) in [5, 5.41) is 24.8. The molecule has 2 rings (SSSR count). The SMILES string of the molecule is Cc1cccc(C(C(=O)Nc2c(C)cccc2Cl)N(CC#N)C(=O)C(CO)NC(=O)OC(C)(C)C)c1. The number of benzene rings is 2. The van der Waals surface area contributed by atoms with Gasteiger partial charge in [0.05, 0.1) is 23.4 Å². The van der Waals surface area contributed by atoms with Crippen molar-refractivity contribution < 1.29 is 24.2 Å². The standard InChI is InChI=1S/C26H31ClN4O5/c1-16-8-6-10-18(14-16)22(23(33)30-21-17(2)9-7-11-19(21)27)31(13-12-28)24(34)20(15-32)29-25(35)36-26(3,4)5/h6-11,14,20,22,32H,13,15H2,1-5H3,(H,29,35)(H,30,33). The van der Waals surface area contributed by atoms with Crippen LogP contribution in [0.15, 0.2) is 42.5 Å². The molecule has 0 heterocycles. The number of anilines is 1. The molecule has 2 aromatic carbocycles. The molecule has 0 radical (unpaired) electrons. The van der Waals surface area contributed by atoms with E-state index in [2.05, 4.69) is 10.6 Å². The maximum absolute atomic E-state index is 13.6. The molecule has 3 N–H and O–H groups in total. The molecule has 0 aliphatic heterocycles. The molecular formula is C26H31ClN4O5. The molecule has 0 spiro atoms. The van der Waals surface area contributed by atoms with Crippen LogP contribution in [0.2, 0.25) is 5.02 Å². The van der Waals surface area contributed by atoms with Gasteiger partial charge < -0.3 is 25.4 Å². The number of hydrogen-bond donors (Lipinski definition) is 3. The molecule has 0 bridgehead atoms. The number of rotatable bonds is 8. The molecule has 36 heavy (non-hydrogen) atoms. The van der Waals surface area contributed by atoms with E-state index in [0.29, 0.717) is 21.8 Å². The van der Waals surface area contributed by atoms with Gasteiger partial charge in [0.25, 0.3) is 5.91 Å². The fourth-order valence-electron chi connectivity index (χ4n) is 3.50. The topological polar surface area (TPSA) is 132 Å². The minimum Gasteiger partial charge on any atom is -0.444 e. The van der Waals surface area contributed by atoms with Crippen LogP contribution < -0.4 is 10.6 Å². The number of halogens is 1. The average Bonchev–Trinajstić information content (AvgIpc) is 2.78. The fourth-order valence-corrected chi connectivity index (χ4v) is 3.77. The van der Waals surface area contributed by atoms with Crippen molar-refractivity contribution in [2.24, 2.45) is 0 Å². The number of nitrogens with zero attached hydrogens (tertiary/aromatic N) is 2. The van der Waals surface area contributed by atoms with Gasteiger partial charge in [0, 0.05) is 0 Å². The van der Waals surface area contributed by atoms with E-state index in [9.17, 15) is 24.8 Å². The second-order valence-corrected chi connectivity index (χ2v) is 9.65. The summed E-state index contributed by atoms with van der Waals surface area (Å²) in [4.78, 5) is 40.4. The van der Waals surface area contributed by atoms with Crippen LogP contribution in [0.3, 0.4) is 0 Å². The van der Waals surface area contributed by atoms with Crippen molar-refractivity contribution in [3.8, 4) is 6.07 Å². The molecule has 3 amide bonds. The van der Waals surface area contributed by atoms with Crippen LogP contribution in [-0.2, 0) is 14.3 Å². The Morgan fingerprint density at radius 3 is 2.39 bits per heavy atom. The van der Waals surface area contributed by atoms with E-state index in [1.165, 1.54) is 0 Å². The van der Waals surface area contributed by atoms with Crippen molar-refractivity contribution in [3.05, 3.63) is 64.2 Å². The minimum absolute atomic E-state index is 0.310. The lowest BCUT2D eigenvalue weighted by Gasteiger charge is -2.32. The highest BCUT2D eigenvalue weighted by molar-refractivity contribution is 6.34. The number of carbonyl (C=O) groups excluding carboxylic acids is 3. The summed E-state index contributed by atoms with van der Waals surface area (Å²) >= 11 is 6.29. The lowest BCUT2D eigenvalue weighted by Crippen LogP contribution is -2.54. The number of aliphatic hydroxyl groups is 1. The molecule has 10 heteroatoms. The summed E-state index contributed by atoms with van der Waals surface area (Å²) in [5.41, 5.74) is 1.51. The first-order valence-corrected chi connectivity index (χ1v) is 11.7. The Balaban J connectivity index is 2.49. The molecule has 2 unspecified atom stereocenters. The molecule has 2 aromatic rings. The first-order valence-electron chi connectivity index (χ1n) is 11.3. The van der Waals surface area contributed by atoms with Gasteiger partial charge in [-0.1, -0.05) is 53.6 Å². The van der Waals surface area contributed by atoms with Crippen molar-refractivity contribution in [3.63, 3.8) is 0 Å². The Morgan fingerprint density at radius 1 is 1.17 bits per heavy atom. The average molecular weight is 515 g/mol. The Morgan fingerprint density at radius 2 is 1.83 bits per heavy atom. The van der Waals surface area contributed by atoms with Crippen LogP contribution >= 0.6 is 11.6 Å². The Hall–Kier alpha value is -3.61. The predicted molar refractivity (Wildman–Crippen MR) is 136 cm³/mol. The normalized spacial score (nSPS) is 12.6. The molecule has 0 aliphatic carbocycles. The first kappa shape index (κ1) is 28.6. The summed E-state index contributed by atoms with van der Waals surface area (Å²) in [6.45, 7) is 7.30. The number of carbonyl (C=O) groups is 3. The van der Waals surface area contributed by atoms with Gasteiger partial charge in [-0.05, 0) is 51.8 Å². The maximum Gasteiger partial charge on any atom is 0.408 e. The minimum atomic E-state index is -1.45. The first-order chi connectivity index (χ1) is 16.9. The molecule has 192 valence electrons. The van der Waals surface area contributed by atoms with Crippen molar-refractivity contribution in [2.75, 3.05) is 18.5 Å². The second kappa shape index (κ2) is 12.4. The third kappa shape index (κ3) is 7.70. The van der Waals surface area contributed by atoms with Gasteiger partial charge in [-0.2, -0.15) is 5.26 Å². The Labute approximate surface area is 216 Å². The van der Waals surface area contributed by atoms with E-state index in [-0.39, 0.29) is 0 Å². The van der Waals surface area contributed by atoms with Crippen LogP contribution in [0, 0.1) is 25.2 Å². The maximum atomic E-state index is 13.6. The number of nitrogens with one attached hydrogen (secondary N) is 2. The molecule has 0 fully saturated rings. The Kier molecular flexibility index (Phi) is 9.84. The number of aliphatic hydroxyl groups excluding tert-OH is 1. The molecule has 9 nitrogen and oxygen atoms in total. The van der Waals surface area contributed by atoms with Crippen molar-refractivity contribution in [2.45, 2.75) is 52.3 Å². The lowest BCUT2D eigenvalue weighted by molar-refractivity contribution is -0.140. The molecule has 0 saturated heterocycles. The van der Waals surface area contributed by atoms with Crippen LogP contribution in [0.5, 0.6) is 0 Å². The highest BCUT2D eigenvalue weighted by Crippen LogP contribution is 2.29. The van der Waals surface area contributed by atoms with Gasteiger partial charge in [0.1, 0.15) is 24.2 Å². The van der Waals surface area contributed by atoms with Crippen LogP contribution in [0.4, 0.5) is 10.5 Å². The number of amides is 3. The van der Waals surface area contributed by atoms with Crippen molar-refractivity contribution in [1.82, 2.24) is 10.2 Å². The fraction of sp³-hybridized carbons (Fsp3) is 0.385. The number of para-hydroxylation sites is 1. The largest absolute Gasteiger partial charge is 0.444 e. The molecule has 2 atom stereocenters. The van der Waals surface area contributed by atoms with Crippen molar-refractivity contribution >= 4 is 35.2 Å². The summed E-state index contributed by atoms with van der Waals surface area (Å²) in [5.74, 6) is -1.45. The Bertz CT molecular complexity index is 1140. The molecule has 0 aliphatic rings. The van der Waals surface area contributed by atoms with Crippen LogP contribution in [0.25, 0.3) is 0 Å². The third-order valence-electron chi connectivity index (χ3n) is 5.08. The number of hydrogen-bond acceptors (Lipinski definition) is 6. The van der Waals surface area contributed by atoms with Gasteiger partial charge in [0.2, 0.25) is 5.91 Å². The number of nitriles is 1. The van der Waals surface area contributed by atoms with Crippen LogP contribution in [-0.4, -0.2) is 52.7 Å². The number of aryl methyl sites for hydroxylation is 2. The van der Waals surface area contributed by atoms with Gasteiger partial charge in [0.15, 0.2) is 0 Å². The highest BCUT2D eigenvalue weighted by Gasteiger charge is 2.36. The molecule has 0 saturated carbocycles. The van der Waals surface area contributed by atoms with Crippen molar-refractivity contribution in [1.29, 1.82) is 5.26 Å². The zero-order chi connectivity index (χ0) is 27.0. The zero-order valence-electron chi connectivity index (χ0n) is 21.0. The van der Waals surface area contributed by atoms with Gasteiger partial charge in [-0.25, -0.2) is 4.79 Å². The summed E-state index contributed by atoms with van der Waals surface area (Å²) in [7, 11) is 0. The number of ether oxygens (including phenoxy) is 1. The number of alkyl carbamates (subject to hydrolysis) is 1. The summed E-state index contributed by atoms with van der Waals surface area (Å²) in [6, 6.07) is 11.3. The van der Waals surface area contributed by atoms with E-state index < -0.39 is 48.7 Å². The van der Waals surface area contributed by atoms with Gasteiger partial charge >= 0.3 is 6.09 Å².